The first-order valence-corrected chi connectivity index (χ1v) is 10.3. The van der Waals surface area contributed by atoms with Crippen molar-refractivity contribution in [3.63, 3.8) is 0 Å². The van der Waals surface area contributed by atoms with Gasteiger partial charge in [0.2, 0.25) is 5.91 Å². The van der Waals surface area contributed by atoms with Crippen molar-refractivity contribution in [3.05, 3.63) is 59.1 Å². The Balaban J connectivity index is 1.30. The summed E-state index contributed by atoms with van der Waals surface area (Å²) in [6.07, 6.45) is 1.33. The van der Waals surface area contributed by atoms with E-state index in [9.17, 15) is 9.59 Å². The molecule has 2 heterocycles. The number of hydrogen-bond acceptors (Lipinski definition) is 3. The molecule has 4 rings (SSSR count). The largest absolute Gasteiger partial charge is 0.490 e. The fourth-order valence-corrected chi connectivity index (χ4v) is 4.07. The van der Waals surface area contributed by atoms with Crippen LogP contribution in [-0.4, -0.2) is 43.1 Å². The maximum Gasteiger partial charge on any atom is 0.324 e. The Morgan fingerprint density at radius 3 is 2.66 bits per heavy atom. The lowest BCUT2D eigenvalue weighted by Gasteiger charge is -2.37. The third-order valence-electron chi connectivity index (χ3n) is 5.45. The van der Waals surface area contributed by atoms with Crippen molar-refractivity contribution in [1.82, 2.24) is 10.2 Å². The summed E-state index contributed by atoms with van der Waals surface area (Å²) in [7, 11) is 0. The second kappa shape index (κ2) is 8.74. The predicted octanol–water partition coefficient (Wildman–Crippen LogP) is 3.69. The zero-order chi connectivity index (χ0) is 20.2. The van der Waals surface area contributed by atoms with Crippen LogP contribution in [0.1, 0.15) is 18.4 Å². The number of likely N-dealkylation sites (tertiary alicyclic amines) is 1. The molecule has 0 aliphatic carbocycles. The summed E-state index contributed by atoms with van der Waals surface area (Å²) >= 11 is 5.99. The number of para-hydroxylation sites is 2. The quantitative estimate of drug-likeness (QED) is 0.834. The first-order valence-electron chi connectivity index (χ1n) is 9.92. The minimum absolute atomic E-state index is 0.0152. The van der Waals surface area contributed by atoms with Crippen LogP contribution in [0.3, 0.4) is 0 Å². The Kier molecular flexibility index (Phi) is 5.90. The summed E-state index contributed by atoms with van der Waals surface area (Å²) in [5, 5.41) is 3.65. The highest BCUT2D eigenvalue weighted by atomic mass is 35.5. The van der Waals surface area contributed by atoms with Crippen molar-refractivity contribution >= 4 is 29.2 Å². The van der Waals surface area contributed by atoms with E-state index in [1.807, 2.05) is 53.4 Å². The Bertz CT molecular complexity index is 896. The van der Waals surface area contributed by atoms with Gasteiger partial charge in [-0.05, 0) is 42.7 Å². The predicted molar refractivity (Wildman–Crippen MR) is 112 cm³/mol. The van der Waals surface area contributed by atoms with Crippen molar-refractivity contribution in [1.29, 1.82) is 0 Å². The monoisotopic (exact) mass is 413 g/mol. The summed E-state index contributed by atoms with van der Waals surface area (Å²) in [6.45, 7) is 2.64. The smallest absolute Gasteiger partial charge is 0.324 e. The lowest BCUT2D eigenvalue weighted by Crippen LogP contribution is -2.50. The summed E-state index contributed by atoms with van der Waals surface area (Å²) in [6, 6.07) is 15.1. The number of halogens is 1. The summed E-state index contributed by atoms with van der Waals surface area (Å²) in [5.41, 5.74) is 1.79. The maximum atomic E-state index is 13.0. The number of benzene rings is 2. The standard InChI is InChI=1S/C22H24ClN3O3/c23-18-5-3-4-16(14-18)15-24-21(27)17-8-10-25(11-9-17)22(28)26-12-13-29-20-7-2-1-6-19(20)26/h1-7,14,17H,8-13,15H2,(H,24,27). The highest BCUT2D eigenvalue weighted by Crippen LogP contribution is 2.32. The number of nitrogens with one attached hydrogen (secondary N) is 1. The molecule has 0 radical (unpaired) electrons. The third kappa shape index (κ3) is 4.48. The molecule has 1 fully saturated rings. The molecule has 0 atom stereocenters. The maximum absolute atomic E-state index is 13.0. The van der Waals surface area contributed by atoms with Crippen LogP contribution < -0.4 is 15.0 Å². The zero-order valence-electron chi connectivity index (χ0n) is 16.1. The van der Waals surface area contributed by atoms with Crippen LogP contribution >= 0.6 is 11.6 Å². The van der Waals surface area contributed by atoms with Crippen LogP contribution in [0.5, 0.6) is 5.75 Å². The zero-order valence-corrected chi connectivity index (χ0v) is 16.9. The van der Waals surface area contributed by atoms with E-state index in [4.69, 9.17) is 16.3 Å². The molecule has 2 aromatic carbocycles. The van der Waals surface area contributed by atoms with Crippen LogP contribution in [-0.2, 0) is 11.3 Å². The number of fused-ring (bicyclic) bond motifs is 1. The van der Waals surface area contributed by atoms with Gasteiger partial charge in [-0.1, -0.05) is 35.9 Å². The van der Waals surface area contributed by atoms with Crippen molar-refractivity contribution in [2.24, 2.45) is 5.92 Å². The normalized spacial score (nSPS) is 16.7. The second-order valence-corrected chi connectivity index (χ2v) is 7.80. The minimum Gasteiger partial charge on any atom is -0.490 e. The fraction of sp³-hybridized carbons (Fsp3) is 0.364. The molecular weight excluding hydrogens is 390 g/mol. The van der Waals surface area contributed by atoms with Crippen LogP contribution in [0.15, 0.2) is 48.5 Å². The van der Waals surface area contributed by atoms with Crippen LogP contribution in [0.2, 0.25) is 5.02 Å². The van der Waals surface area contributed by atoms with E-state index in [1.165, 1.54) is 0 Å². The Morgan fingerprint density at radius 1 is 1.07 bits per heavy atom. The summed E-state index contributed by atoms with van der Waals surface area (Å²) in [5.74, 6) is 0.700. The first-order chi connectivity index (χ1) is 14.1. The summed E-state index contributed by atoms with van der Waals surface area (Å²) < 4.78 is 5.64. The van der Waals surface area contributed by atoms with Crippen molar-refractivity contribution in [2.45, 2.75) is 19.4 Å². The third-order valence-corrected chi connectivity index (χ3v) is 5.69. The van der Waals surface area contributed by atoms with E-state index in [-0.39, 0.29) is 17.9 Å². The van der Waals surface area contributed by atoms with E-state index < -0.39 is 0 Å². The van der Waals surface area contributed by atoms with Gasteiger partial charge in [0.05, 0.1) is 12.2 Å². The molecule has 0 aromatic heterocycles. The van der Waals surface area contributed by atoms with Crippen molar-refractivity contribution < 1.29 is 14.3 Å². The van der Waals surface area contributed by atoms with Crippen molar-refractivity contribution in [3.8, 4) is 5.75 Å². The van der Waals surface area contributed by atoms with Crippen LogP contribution in [0, 0.1) is 5.92 Å². The lowest BCUT2D eigenvalue weighted by atomic mass is 9.96. The van der Waals surface area contributed by atoms with Gasteiger partial charge in [0.1, 0.15) is 12.4 Å². The average Bonchev–Trinajstić information content (AvgIpc) is 2.77. The molecule has 0 bridgehead atoms. The molecule has 29 heavy (non-hydrogen) atoms. The number of nitrogens with zero attached hydrogens (tertiary/aromatic N) is 2. The minimum atomic E-state index is -0.0739. The topological polar surface area (TPSA) is 61.9 Å². The first kappa shape index (κ1) is 19.6. The van der Waals surface area contributed by atoms with Gasteiger partial charge in [0.15, 0.2) is 0 Å². The molecule has 152 valence electrons. The van der Waals surface area contributed by atoms with Crippen LogP contribution in [0.25, 0.3) is 0 Å². The number of urea groups is 1. The van der Waals surface area contributed by atoms with Gasteiger partial charge in [-0.15, -0.1) is 0 Å². The van der Waals surface area contributed by atoms with Gasteiger partial charge in [0, 0.05) is 30.6 Å². The average molecular weight is 414 g/mol. The van der Waals surface area contributed by atoms with Gasteiger partial charge in [0.25, 0.3) is 0 Å². The molecule has 0 unspecified atom stereocenters. The Hall–Kier alpha value is -2.73. The second-order valence-electron chi connectivity index (χ2n) is 7.36. The number of hydrogen-bond donors (Lipinski definition) is 1. The van der Waals surface area contributed by atoms with Gasteiger partial charge in [-0.3, -0.25) is 9.69 Å². The molecule has 1 N–H and O–H groups in total. The molecule has 0 saturated carbocycles. The van der Waals surface area contributed by atoms with Gasteiger partial charge < -0.3 is 15.0 Å². The number of rotatable bonds is 3. The molecule has 0 spiro atoms. The molecular formula is C22H24ClN3O3. The SMILES string of the molecule is O=C(NCc1cccc(Cl)c1)C1CCN(C(=O)N2CCOc3ccccc32)CC1. The number of ether oxygens (including phenoxy) is 1. The lowest BCUT2D eigenvalue weighted by molar-refractivity contribution is -0.126. The van der Waals surface area contributed by atoms with Crippen molar-refractivity contribution in [2.75, 3.05) is 31.1 Å². The molecule has 2 aromatic rings. The highest BCUT2D eigenvalue weighted by molar-refractivity contribution is 6.30. The number of anilines is 1. The van der Waals surface area contributed by atoms with E-state index in [0.29, 0.717) is 50.7 Å². The molecule has 6 nitrogen and oxygen atoms in total. The molecule has 2 aliphatic heterocycles. The van der Waals surface area contributed by atoms with Gasteiger partial charge in [-0.25, -0.2) is 4.79 Å². The Morgan fingerprint density at radius 2 is 1.86 bits per heavy atom. The number of piperidine rings is 1. The van der Waals surface area contributed by atoms with E-state index >= 15 is 0 Å². The molecule has 1 saturated heterocycles. The van der Waals surface area contributed by atoms with E-state index in [1.54, 1.807) is 4.90 Å². The number of carbonyl (C=O) groups is 2. The fourth-order valence-electron chi connectivity index (χ4n) is 3.85. The van der Waals surface area contributed by atoms with E-state index in [0.717, 1.165) is 17.0 Å². The highest BCUT2D eigenvalue weighted by Gasteiger charge is 2.32. The van der Waals surface area contributed by atoms with Gasteiger partial charge >= 0.3 is 6.03 Å². The molecule has 2 aliphatic rings. The number of amides is 3. The molecule has 7 heteroatoms. The van der Waals surface area contributed by atoms with Gasteiger partial charge in [-0.2, -0.15) is 0 Å². The van der Waals surface area contributed by atoms with Crippen LogP contribution in [0.4, 0.5) is 10.5 Å². The Labute approximate surface area is 175 Å². The number of carbonyl (C=O) groups excluding carboxylic acids is 2. The molecule has 3 amide bonds. The summed E-state index contributed by atoms with van der Waals surface area (Å²) in [4.78, 5) is 29.2. The van der Waals surface area contributed by atoms with E-state index in [2.05, 4.69) is 5.32 Å².